The number of halogens is 1. The molecule has 2 aliphatic rings. The van der Waals surface area contributed by atoms with Crippen LogP contribution in [0.4, 0.5) is 4.39 Å². The lowest BCUT2D eigenvalue weighted by molar-refractivity contribution is -0.145. The first-order valence-corrected chi connectivity index (χ1v) is 15.9. The van der Waals surface area contributed by atoms with Crippen molar-refractivity contribution in [2.24, 2.45) is 5.41 Å². The first kappa shape index (κ1) is 32.8. The van der Waals surface area contributed by atoms with Crippen molar-refractivity contribution in [2.45, 2.75) is 97.3 Å². The lowest BCUT2D eigenvalue weighted by atomic mass is 9.73. The first-order valence-electron chi connectivity index (χ1n) is 15.9. The third-order valence-electron chi connectivity index (χ3n) is 9.24. The standard InChI is InChI=1S/C34H41FN6O5/c1-6-34(7-2,33(45)38-24-11-12-24)29-16-14-26(22-9-8-10-23(35)18-22)41(29)32(44)21(5)37-30(42)25-13-15-27(20(4)36-25)46-28-17-19(3)39-40-31(28)43/h8-10,13,15,17-18,21,24,26,29H,6-7,11-12,14,16H2,1-5H3,(H,37,42)(H,38,45)(H,40,43)/t21-,26+,29-/m1/s1. The number of H-pyrrole nitrogens is 1. The molecule has 5 rings (SSSR count). The monoisotopic (exact) mass is 632 g/mol. The molecule has 11 nitrogen and oxygen atoms in total. The normalized spacial score (nSPS) is 18.6. The van der Waals surface area contributed by atoms with Crippen molar-refractivity contribution in [3.05, 3.63) is 81.3 Å². The van der Waals surface area contributed by atoms with Gasteiger partial charge < -0.3 is 20.3 Å². The van der Waals surface area contributed by atoms with Crippen LogP contribution in [-0.2, 0) is 9.59 Å². The number of rotatable bonds is 11. The molecule has 3 amide bonds. The molecule has 244 valence electrons. The Morgan fingerprint density at radius 3 is 2.46 bits per heavy atom. The number of hydrogen-bond acceptors (Lipinski definition) is 7. The second-order valence-corrected chi connectivity index (χ2v) is 12.3. The number of ether oxygens (including phenoxy) is 1. The van der Waals surface area contributed by atoms with Crippen molar-refractivity contribution in [1.29, 1.82) is 0 Å². The van der Waals surface area contributed by atoms with Gasteiger partial charge in [0.05, 0.1) is 22.8 Å². The average molecular weight is 633 g/mol. The Kier molecular flexibility index (Phi) is 9.55. The molecule has 1 aromatic carbocycles. The van der Waals surface area contributed by atoms with Crippen LogP contribution in [0.15, 0.2) is 47.3 Å². The quantitative estimate of drug-likeness (QED) is 0.279. The highest BCUT2D eigenvalue weighted by Crippen LogP contribution is 2.47. The number of aromatic amines is 1. The number of likely N-dealkylation sites (tertiary alicyclic amines) is 1. The molecule has 0 spiro atoms. The molecule has 1 saturated heterocycles. The summed E-state index contributed by atoms with van der Waals surface area (Å²) in [7, 11) is 0. The molecule has 1 aliphatic heterocycles. The maximum absolute atomic E-state index is 14.4. The van der Waals surface area contributed by atoms with Crippen LogP contribution in [-0.4, -0.2) is 55.9 Å². The third kappa shape index (κ3) is 6.66. The highest BCUT2D eigenvalue weighted by Gasteiger charge is 2.53. The minimum atomic E-state index is -0.974. The summed E-state index contributed by atoms with van der Waals surface area (Å²) in [6.07, 6.45) is 4.06. The number of nitrogens with zero attached hydrogens (tertiary/aromatic N) is 3. The molecule has 3 heterocycles. The smallest absolute Gasteiger partial charge is 0.307 e. The van der Waals surface area contributed by atoms with Gasteiger partial charge in [0.1, 0.15) is 23.3 Å². The van der Waals surface area contributed by atoms with Crippen LogP contribution in [0.25, 0.3) is 0 Å². The van der Waals surface area contributed by atoms with Gasteiger partial charge in [-0.25, -0.2) is 14.5 Å². The number of amides is 3. The molecule has 46 heavy (non-hydrogen) atoms. The zero-order chi connectivity index (χ0) is 33.2. The molecular weight excluding hydrogens is 591 g/mol. The number of benzene rings is 1. The molecule has 1 saturated carbocycles. The van der Waals surface area contributed by atoms with E-state index in [-0.39, 0.29) is 35.0 Å². The summed E-state index contributed by atoms with van der Waals surface area (Å²) in [5, 5.41) is 12.1. The van der Waals surface area contributed by atoms with E-state index in [4.69, 9.17) is 4.74 Å². The van der Waals surface area contributed by atoms with Crippen LogP contribution in [0.2, 0.25) is 0 Å². The summed E-state index contributed by atoms with van der Waals surface area (Å²) in [6, 6.07) is 8.96. The maximum Gasteiger partial charge on any atom is 0.307 e. The van der Waals surface area contributed by atoms with Gasteiger partial charge in [0.25, 0.3) is 5.91 Å². The lowest BCUT2D eigenvalue weighted by Crippen LogP contribution is -2.58. The predicted octanol–water partition coefficient (Wildman–Crippen LogP) is 4.65. The molecule has 0 bridgehead atoms. The predicted molar refractivity (Wildman–Crippen MR) is 169 cm³/mol. The van der Waals surface area contributed by atoms with E-state index in [1.807, 2.05) is 13.8 Å². The van der Waals surface area contributed by atoms with Crippen LogP contribution < -0.4 is 20.9 Å². The summed E-state index contributed by atoms with van der Waals surface area (Å²) < 4.78 is 20.1. The minimum Gasteiger partial charge on any atom is -0.450 e. The van der Waals surface area contributed by atoms with E-state index in [2.05, 4.69) is 25.8 Å². The summed E-state index contributed by atoms with van der Waals surface area (Å²) in [5.41, 5.74) is 0.291. The van der Waals surface area contributed by atoms with Gasteiger partial charge in [0.2, 0.25) is 11.8 Å². The molecule has 12 heteroatoms. The highest BCUT2D eigenvalue weighted by atomic mass is 19.1. The van der Waals surface area contributed by atoms with E-state index >= 15 is 0 Å². The Hall–Kier alpha value is -4.61. The van der Waals surface area contributed by atoms with Crippen LogP contribution >= 0.6 is 0 Å². The summed E-state index contributed by atoms with van der Waals surface area (Å²) in [6.45, 7) is 8.88. The van der Waals surface area contributed by atoms with Crippen LogP contribution in [0.1, 0.15) is 92.8 Å². The van der Waals surface area contributed by atoms with Crippen molar-refractivity contribution < 1.29 is 23.5 Å². The molecular formula is C34H41FN6O5. The van der Waals surface area contributed by atoms with Gasteiger partial charge >= 0.3 is 5.56 Å². The molecule has 1 aliphatic carbocycles. The lowest BCUT2D eigenvalue weighted by Gasteiger charge is -2.43. The molecule has 2 fully saturated rings. The summed E-state index contributed by atoms with van der Waals surface area (Å²) in [5.74, 6) is -1.08. The summed E-state index contributed by atoms with van der Waals surface area (Å²) in [4.78, 5) is 59.6. The second kappa shape index (κ2) is 13.4. The maximum atomic E-state index is 14.4. The number of hydrogen-bond donors (Lipinski definition) is 3. The highest BCUT2D eigenvalue weighted by molar-refractivity contribution is 5.96. The number of aryl methyl sites for hydroxylation is 2. The average Bonchev–Trinajstić information content (AvgIpc) is 3.74. The Morgan fingerprint density at radius 2 is 1.80 bits per heavy atom. The van der Waals surface area contributed by atoms with Crippen LogP contribution in [0.3, 0.4) is 0 Å². The Bertz CT molecular complexity index is 1680. The van der Waals surface area contributed by atoms with Gasteiger partial charge in [-0.15, -0.1) is 0 Å². The minimum absolute atomic E-state index is 0.0443. The van der Waals surface area contributed by atoms with Crippen molar-refractivity contribution in [3.63, 3.8) is 0 Å². The number of aromatic nitrogens is 3. The fourth-order valence-electron chi connectivity index (χ4n) is 6.47. The fourth-order valence-corrected chi connectivity index (χ4v) is 6.47. The fraction of sp³-hybridized carbons (Fsp3) is 0.471. The third-order valence-corrected chi connectivity index (χ3v) is 9.24. The zero-order valence-corrected chi connectivity index (χ0v) is 26.9. The van der Waals surface area contributed by atoms with Crippen LogP contribution in [0, 0.1) is 25.1 Å². The Morgan fingerprint density at radius 1 is 1.07 bits per heavy atom. The number of pyridine rings is 1. The SMILES string of the molecule is CCC(CC)(C(=O)NC1CC1)[C@H]1CC[C@@H](c2cccc(F)c2)N1C(=O)[C@@H](C)NC(=O)c1ccc(Oc2cc(C)n[nH]c2=O)c(C)n1. The first-order chi connectivity index (χ1) is 22.0. The number of carbonyl (C=O) groups is 3. The summed E-state index contributed by atoms with van der Waals surface area (Å²) >= 11 is 0. The van der Waals surface area contributed by atoms with Gasteiger partial charge in [-0.05, 0) is 89.1 Å². The van der Waals surface area contributed by atoms with Crippen LogP contribution in [0.5, 0.6) is 11.5 Å². The van der Waals surface area contributed by atoms with E-state index in [0.29, 0.717) is 42.6 Å². The molecule has 3 atom stereocenters. The van der Waals surface area contributed by atoms with Gasteiger partial charge in [0, 0.05) is 18.2 Å². The van der Waals surface area contributed by atoms with Gasteiger partial charge in [-0.1, -0.05) is 26.0 Å². The molecule has 3 aromatic rings. The van der Waals surface area contributed by atoms with Gasteiger partial charge in [0.15, 0.2) is 5.75 Å². The van der Waals surface area contributed by atoms with E-state index < -0.39 is 40.8 Å². The van der Waals surface area contributed by atoms with E-state index in [0.717, 1.165) is 12.8 Å². The molecule has 2 aromatic heterocycles. The molecule has 3 N–H and O–H groups in total. The molecule has 0 radical (unpaired) electrons. The van der Waals surface area contributed by atoms with Gasteiger partial charge in [-0.3, -0.25) is 19.2 Å². The van der Waals surface area contributed by atoms with Crippen molar-refractivity contribution >= 4 is 17.7 Å². The van der Waals surface area contributed by atoms with Crippen molar-refractivity contribution in [1.82, 2.24) is 30.7 Å². The zero-order valence-electron chi connectivity index (χ0n) is 26.9. The van der Waals surface area contributed by atoms with Crippen molar-refractivity contribution in [2.75, 3.05) is 0 Å². The number of nitrogens with one attached hydrogen (secondary N) is 3. The molecule has 0 unspecified atom stereocenters. The van der Waals surface area contributed by atoms with E-state index in [9.17, 15) is 23.6 Å². The topological polar surface area (TPSA) is 146 Å². The van der Waals surface area contributed by atoms with Gasteiger partial charge in [-0.2, -0.15) is 5.10 Å². The Balaban J connectivity index is 1.39. The van der Waals surface area contributed by atoms with E-state index in [1.54, 1.807) is 37.8 Å². The second-order valence-electron chi connectivity index (χ2n) is 12.3. The van der Waals surface area contributed by atoms with E-state index in [1.165, 1.54) is 30.3 Å². The number of carbonyl (C=O) groups excluding carboxylic acids is 3. The largest absolute Gasteiger partial charge is 0.450 e. The van der Waals surface area contributed by atoms with Crippen molar-refractivity contribution in [3.8, 4) is 11.5 Å². The Labute approximate surface area is 267 Å².